The minimum absolute atomic E-state index is 0.0794. The van der Waals surface area contributed by atoms with E-state index in [1.54, 1.807) is 19.9 Å². The number of phosphoric ester groups is 1. The Morgan fingerprint density at radius 3 is 2.56 bits per heavy atom. The number of hydrogen-bond donors (Lipinski definition) is 2. The van der Waals surface area contributed by atoms with Crippen molar-refractivity contribution in [3.63, 3.8) is 0 Å². The molecule has 8 heteroatoms. The SMILES string of the molecule is C=C(C)[C@@H]1CCC(C)=C[C@H]1c1c(O)cc(CCCCC)cc1OC(=O)C1(OP(=O)(O)OC(C)C)CC1. The summed E-state index contributed by atoms with van der Waals surface area (Å²) in [6.45, 7) is 13.6. The molecule has 200 valence electrons. The summed E-state index contributed by atoms with van der Waals surface area (Å²) in [6.07, 6.45) is 7.73. The molecule has 3 atom stereocenters. The number of unbranched alkanes of at least 4 members (excludes halogenated alkanes) is 2. The Morgan fingerprint density at radius 1 is 1.28 bits per heavy atom. The number of phosphoric acid groups is 1. The van der Waals surface area contributed by atoms with Crippen LogP contribution in [0.1, 0.15) is 96.6 Å². The van der Waals surface area contributed by atoms with Gasteiger partial charge in [0.25, 0.3) is 0 Å². The molecule has 0 aromatic heterocycles. The summed E-state index contributed by atoms with van der Waals surface area (Å²) in [6, 6.07) is 3.58. The van der Waals surface area contributed by atoms with Gasteiger partial charge < -0.3 is 14.7 Å². The molecule has 1 unspecified atom stereocenters. The van der Waals surface area contributed by atoms with E-state index < -0.39 is 25.5 Å². The number of phenols is 1. The second kappa shape index (κ2) is 11.6. The van der Waals surface area contributed by atoms with Crippen LogP contribution in [0.5, 0.6) is 11.5 Å². The third-order valence-electron chi connectivity index (χ3n) is 6.88. The van der Waals surface area contributed by atoms with Crippen molar-refractivity contribution in [2.24, 2.45) is 5.92 Å². The van der Waals surface area contributed by atoms with Gasteiger partial charge in [0, 0.05) is 11.5 Å². The van der Waals surface area contributed by atoms with E-state index in [2.05, 4.69) is 26.5 Å². The van der Waals surface area contributed by atoms with Crippen molar-refractivity contribution in [1.82, 2.24) is 0 Å². The van der Waals surface area contributed by atoms with Gasteiger partial charge in [-0.2, -0.15) is 0 Å². The van der Waals surface area contributed by atoms with Crippen LogP contribution < -0.4 is 4.74 Å². The lowest BCUT2D eigenvalue weighted by atomic mass is 9.73. The van der Waals surface area contributed by atoms with Crippen LogP contribution >= 0.6 is 7.82 Å². The number of esters is 1. The molecular formula is C28H41O7P. The number of phenolic OH excluding ortho intramolecular Hbond substituents is 1. The summed E-state index contributed by atoms with van der Waals surface area (Å²) >= 11 is 0. The molecule has 0 bridgehead atoms. The van der Waals surface area contributed by atoms with Crippen LogP contribution in [0.25, 0.3) is 0 Å². The van der Waals surface area contributed by atoms with E-state index in [0.29, 0.717) is 5.56 Å². The minimum Gasteiger partial charge on any atom is -0.507 e. The van der Waals surface area contributed by atoms with Crippen LogP contribution in [0.3, 0.4) is 0 Å². The van der Waals surface area contributed by atoms with E-state index in [1.807, 2.05) is 13.0 Å². The third kappa shape index (κ3) is 7.10. The molecule has 1 aromatic rings. The molecule has 0 saturated heterocycles. The number of ether oxygens (including phenoxy) is 1. The van der Waals surface area contributed by atoms with Crippen molar-refractivity contribution in [2.75, 3.05) is 0 Å². The number of aromatic hydroxyl groups is 1. The maximum Gasteiger partial charge on any atom is 0.473 e. The van der Waals surface area contributed by atoms with Crippen LogP contribution in [-0.4, -0.2) is 27.7 Å². The van der Waals surface area contributed by atoms with Gasteiger partial charge >= 0.3 is 13.8 Å². The molecule has 1 fully saturated rings. The summed E-state index contributed by atoms with van der Waals surface area (Å²) in [5.41, 5.74) is 2.08. The fourth-order valence-electron chi connectivity index (χ4n) is 4.86. The van der Waals surface area contributed by atoms with Gasteiger partial charge in [0.1, 0.15) is 11.5 Å². The number of hydrogen-bond acceptors (Lipinski definition) is 6. The molecule has 0 heterocycles. The van der Waals surface area contributed by atoms with Gasteiger partial charge in [-0.15, -0.1) is 0 Å². The zero-order valence-corrected chi connectivity index (χ0v) is 23.1. The van der Waals surface area contributed by atoms with E-state index in [-0.39, 0.29) is 36.2 Å². The first-order valence-electron chi connectivity index (χ1n) is 13.0. The number of benzene rings is 1. The molecule has 7 nitrogen and oxygen atoms in total. The molecule has 2 aliphatic rings. The van der Waals surface area contributed by atoms with Crippen molar-refractivity contribution in [3.8, 4) is 11.5 Å². The van der Waals surface area contributed by atoms with Gasteiger partial charge in [-0.25, -0.2) is 9.36 Å². The standard InChI is InChI=1S/C28H41O7P/c1-7-8-9-10-21-16-24(29)26(23-15-20(6)11-12-22(23)18(2)3)25(17-21)33-27(30)28(13-14-28)35-36(31,32)34-19(4)5/h15-17,19,22-23,29H,2,7-14H2,1,3-6H3,(H,31,32)/t22-,23+/m0/s1. The van der Waals surface area contributed by atoms with Crippen LogP contribution in [-0.2, 0) is 24.8 Å². The van der Waals surface area contributed by atoms with Gasteiger partial charge in [-0.05, 0) is 89.8 Å². The zero-order chi connectivity index (χ0) is 26.7. The van der Waals surface area contributed by atoms with E-state index in [1.165, 1.54) is 5.57 Å². The zero-order valence-electron chi connectivity index (χ0n) is 22.2. The largest absolute Gasteiger partial charge is 0.507 e. The molecule has 0 spiro atoms. The molecule has 0 aliphatic heterocycles. The maximum absolute atomic E-state index is 13.3. The lowest BCUT2D eigenvalue weighted by molar-refractivity contribution is -0.145. The van der Waals surface area contributed by atoms with E-state index in [9.17, 15) is 19.4 Å². The molecule has 3 rings (SSSR count). The number of rotatable bonds is 12. The van der Waals surface area contributed by atoms with Gasteiger partial charge in [0.2, 0.25) is 0 Å². The highest BCUT2D eigenvalue weighted by Crippen LogP contribution is 2.57. The maximum atomic E-state index is 13.3. The molecule has 2 aliphatic carbocycles. The van der Waals surface area contributed by atoms with E-state index >= 15 is 0 Å². The van der Waals surface area contributed by atoms with Gasteiger partial charge in [-0.3, -0.25) is 9.05 Å². The number of aryl methyl sites for hydroxylation is 1. The molecule has 36 heavy (non-hydrogen) atoms. The van der Waals surface area contributed by atoms with Crippen molar-refractivity contribution in [1.29, 1.82) is 0 Å². The number of allylic oxidation sites excluding steroid dienone is 3. The van der Waals surface area contributed by atoms with Gasteiger partial charge in [-0.1, -0.05) is 43.6 Å². The Bertz CT molecular complexity index is 1050. The fourth-order valence-corrected chi connectivity index (χ4v) is 6.14. The predicted octanol–water partition coefficient (Wildman–Crippen LogP) is 7.12. The molecular weight excluding hydrogens is 479 g/mol. The van der Waals surface area contributed by atoms with Crippen molar-refractivity contribution in [3.05, 3.63) is 47.1 Å². The van der Waals surface area contributed by atoms with Crippen LogP contribution in [0, 0.1) is 5.92 Å². The van der Waals surface area contributed by atoms with Gasteiger partial charge in [0.15, 0.2) is 5.60 Å². The Labute approximate surface area is 215 Å². The molecule has 2 N–H and O–H groups in total. The lowest BCUT2D eigenvalue weighted by Gasteiger charge is -2.32. The molecule has 1 saturated carbocycles. The Balaban J connectivity index is 1.98. The van der Waals surface area contributed by atoms with Crippen molar-refractivity contribution in [2.45, 2.75) is 104 Å². The van der Waals surface area contributed by atoms with Crippen LogP contribution in [0.4, 0.5) is 0 Å². The van der Waals surface area contributed by atoms with Crippen molar-refractivity contribution < 1.29 is 33.1 Å². The quantitative estimate of drug-likeness (QED) is 0.0994. The topological polar surface area (TPSA) is 102 Å². The number of carbonyl (C=O) groups excluding carboxylic acids is 1. The summed E-state index contributed by atoms with van der Waals surface area (Å²) in [4.78, 5) is 23.4. The monoisotopic (exact) mass is 520 g/mol. The van der Waals surface area contributed by atoms with E-state index in [0.717, 1.165) is 49.7 Å². The first-order valence-corrected chi connectivity index (χ1v) is 14.5. The average molecular weight is 521 g/mol. The Morgan fingerprint density at radius 2 is 1.97 bits per heavy atom. The van der Waals surface area contributed by atoms with E-state index in [4.69, 9.17) is 13.8 Å². The Kier molecular flexibility index (Phi) is 9.26. The first kappa shape index (κ1) is 28.6. The highest BCUT2D eigenvalue weighted by Gasteiger charge is 2.58. The van der Waals surface area contributed by atoms with Crippen LogP contribution in [0.2, 0.25) is 0 Å². The summed E-state index contributed by atoms with van der Waals surface area (Å²) in [5.74, 6) is -0.519. The van der Waals surface area contributed by atoms with Crippen molar-refractivity contribution >= 4 is 13.8 Å². The molecule has 0 radical (unpaired) electrons. The average Bonchev–Trinajstić information content (AvgIpc) is 3.52. The molecule has 1 aromatic carbocycles. The summed E-state index contributed by atoms with van der Waals surface area (Å²) in [5, 5.41) is 11.2. The second-order valence-electron chi connectivity index (χ2n) is 10.6. The lowest BCUT2D eigenvalue weighted by Crippen LogP contribution is -2.31. The first-order chi connectivity index (χ1) is 16.9. The predicted molar refractivity (Wildman–Crippen MR) is 140 cm³/mol. The normalized spacial score (nSPS) is 22.6. The van der Waals surface area contributed by atoms with Crippen LogP contribution in [0.15, 0.2) is 35.9 Å². The highest BCUT2D eigenvalue weighted by atomic mass is 31.2. The highest BCUT2D eigenvalue weighted by molar-refractivity contribution is 7.47. The number of carbonyl (C=O) groups is 1. The summed E-state index contributed by atoms with van der Waals surface area (Å²) in [7, 11) is -4.44. The Hall–Kier alpha value is -1.92. The second-order valence-corrected chi connectivity index (χ2v) is 11.9. The third-order valence-corrected chi connectivity index (χ3v) is 8.14. The molecule has 0 amide bonds. The summed E-state index contributed by atoms with van der Waals surface area (Å²) < 4.78 is 28.6. The smallest absolute Gasteiger partial charge is 0.473 e. The fraction of sp³-hybridized carbons (Fsp3) is 0.607. The minimum atomic E-state index is -4.44. The van der Waals surface area contributed by atoms with Gasteiger partial charge in [0.05, 0.1) is 6.10 Å².